The zero-order valence-corrected chi connectivity index (χ0v) is 18.3. The predicted molar refractivity (Wildman–Crippen MR) is 119 cm³/mol. The molecule has 1 amide bonds. The highest BCUT2D eigenvalue weighted by atomic mass is 31.2. The van der Waals surface area contributed by atoms with Gasteiger partial charge < -0.3 is 24.6 Å². The Morgan fingerprint density at radius 1 is 0.788 bits per heavy atom. The molecule has 3 rings (SSSR count). The number of aromatic carboxylic acids is 2. The lowest BCUT2D eigenvalue weighted by molar-refractivity contribution is -0.119. The monoisotopic (exact) mass is 469 g/mol. The largest absolute Gasteiger partial charge is 0.478 e. The zero-order valence-electron chi connectivity index (χ0n) is 17.4. The Labute approximate surface area is 189 Å². The SMILES string of the molecule is CC(=O)NC(c1ccccc1)P(=O)(Oc1cccc(C(=O)O)c1)Oc1cccc(C(=O)O)c1. The van der Waals surface area contributed by atoms with Crippen molar-refractivity contribution < 1.29 is 38.2 Å². The van der Waals surface area contributed by atoms with Crippen LogP contribution in [0.5, 0.6) is 11.5 Å². The molecule has 3 aromatic carbocycles. The van der Waals surface area contributed by atoms with Crippen LogP contribution in [-0.2, 0) is 9.36 Å². The first-order chi connectivity index (χ1) is 15.7. The maximum Gasteiger partial charge on any atom is 0.457 e. The number of benzene rings is 3. The molecular formula is C23H20NO8P. The zero-order chi connectivity index (χ0) is 24.0. The van der Waals surface area contributed by atoms with Crippen molar-refractivity contribution >= 4 is 25.4 Å². The average molecular weight is 469 g/mol. The van der Waals surface area contributed by atoms with Crippen LogP contribution in [0.15, 0.2) is 78.9 Å². The second-order valence-corrected chi connectivity index (χ2v) is 8.86. The van der Waals surface area contributed by atoms with E-state index in [0.717, 1.165) is 0 Å². The second kappa shape index (κ2) is 10.0. The number of hydrogen-bond donors (Lipinski definition) is 3. The minimum atomic E-state index is -4.37. The van der Waals surface area contributed by atoms with Crippen molar-refractivity contribution in [3.63, 3.8) is 0 Å². The summed E-state index contributed by atoms with van der Waals surface area (Å²) in [5, 5.41) is 21.1. The Kier molecular flexibility index (Phi) is 7.15. The molecule has 0 aliphatic carbocycles. The Bertz CT molecular complexity index is 1160. The van der Waals surface area contributed by atoms with Crippen molar-refractivity contribution in [2.24, 2.45) is 0 Å². The molecule has 0 aromatic heterocycles. The number of carboxylic acids is 2. The van der Waals surface area contributed by atoms with Crippen LogP contribution in [0, 0.1) is 0 Å². The molecule has 1 unspecified atom stereocenters. The number of carbonyl (C=O) groups excluding carboxylic acids is 1. The molecular weight excluding hydrogens is 449 g/mol. The van der Waals surface area contributed by atoms with Crippen molar-refractivity contribution in [2.45, 2.75) is 12.7 Å². The Balaban J connectivity index is 2.11. The van der Waals surface area contributed by atoms with Crippen LogP contribution in [0.3, 0.4) is 0 Å². The van der Waals surface area contributed by atoms with Gasteiger partial charge in [0, 0.05) is 6.92 Å². The van der Waals surface area contributed by atoms with Crippen LogP contribution < -0.4 is 14.4 Å². The summed E-state index contributed by atoms with van der Waals surface area (Å²) in [5.74, 6) is -4.37. The predicted octanol–water partition coefficient (Wildman–Crippen LogP) is 4.57. The van der Waals surface area contributed by atoms with E-state index in [1.165, 1.54) is 55.5 Å². The lowest BCUT2D eigenvalue weighted by atomic mass is 10.2. The number of amides is 1. The molecule has 3 aromatic rings. The summed E-state index contributed by atoms with van der Waals surface area (Å²) in [5.41, 5.74) is 0.185. The summed E-state index contributed by atoms with van der Waals surface area (Å²) < 4.78 is 25.6. The Hall–Kier alpha value is -4.10. The standard InChI is InChI=1S/C23H20NO8P/c1-15(25)24-21(16-7-3-2-4-8-16)33(30,31-19-11-5-9-17(13-19)22(26)27)32-20-12-6-10-18(14-20)23(28)29/h2-14,21H,1H3,(H,24,25)(H,26,27)(H,28,29). The molecule has 0 spiro atoms. The topological polar surface area (TPSA) is 139 Å². The third kappa shape index (κ3) is 5.99. The molecule has 0 bridgehead atoms. The van der Waals surface area contributed by atoms with Crippen LogP contribution >= 0.6 is 7.60 Å². The van der Waals surface area contributed by atoms with Gasteiger partial charge in [0.05, 0.1) is 11.1 Å². The number of carbonyl (C=O) groups is 3. The van der Waals surface area contributed by atoms with Crippen molar-refractivity contribution in [3.05, 3.63) is 95.6 Å². The molecule has 3 N–H and O–H groups in total. The van der Waals surface area contributed by atoms with Gasteiger partial charge in [0.1, 0.15) is 11.5 Å². The first-order valence-electron chi connectivity index (χ1n) is 9.65. The summed E-state index contributed by atoms with van der Waals surface area (Å²) in [7, 11) is -4.37. The summed E-state index contributed by atoms with van der Waals surface area (Å²) in [6.07, 6.45) is 0. The van der Waals surface area contributed by atoms with Gasteiger partial charge >= 0.3 is 19.5 Å². The highest BCUT2D eigenvalue weighted by molar-refractivity contribution is 7.55. The minimum absolute atomic E-state index is 0.0705. The molecule has 10 heteroatoms. The Morgan fingerprint density at radius 2 is 1.27 bits per heavy atom. The molecule has 1 atom stereocenters. The van der Waals surface area contributed by atoms with E-state index in [4.69, 9.17) is 9.05 Å². The molecule has 0 aliphatic rings. The molecule has 0 saturated carbocycles. The Morgan fingerprint density at radius 3 is 1.70 bits per heavy atom. The smallest absolute Gasteiger partial charge is 0.457 e. The minimum Gasteiger partial charge on any atom is -0.478 e. The molecule has 170 valence electrons. The van der Waals surface area contributed by atoms with E-state index in [1.807, 2.05) is 0 Å². The number of carboxylic acid groups (broad SMARTS) is 2. The molecule has 0 radical (unpaired) electrons. The number of hydrogen-bond acceptors (Lipinski definition) is 6. The van der Waals surface area contributed by atoms with Gasteiger partial charge in [0.15, 0.2) is 5.78 Å². The van der Waals surface area contributed by atoms with Crippen LogP contribution in [-0.4, -0.2) is 28.1 Å². The maximum absolute atomic E-state index is 14.2. The van der Waals surface area contributed by atoms with E-state index in [0.29, 0.717) is 5.56 Å². The van der Waals surface area contributed by atoms with Crippen molar-refractivity contribution in [3.8, 4) is 11.5 Å². The van der Waals surface area contributed by atoms with Gasteiger partial charge in [-0.15, -0.1) is 0 Å². The van der Waals surface area contributed by atoms with Gasteiger partial charge in [-0.25, -0.2) is 14.2 Å². The van der Waals surface area contributed by atoms with Crippen molar-refractivity contribution in [1.29, 1.82) is 0 Å². The molecule has 0 aliphatic heterocycles. The van der Waals surface area contributed by atoms with Gasteiger partial charge in [-0.1, -0.05) is 42.5 Å². The summed E-state index contributed by atoms with van der Waals surface area (Å²) in [6.45, 7) is 1.23. The molecule has 0 fully saturated rings. The lowest BCUT2D eigenvalue weighted by Gasteiger charge is -2.28. The first kappa shape index (κ1) is 23.6. The van der Waals surface area contributed by atoms with Gasteiger partial charge in [0.2, 0.25) is 5.91 Å². The molecule has 0 saturated heterocycles. The summed E-state index contributed by atoms with van der Waals surface area (Å²) >= 11 is 0. The summed E-state index contributed by atoms with van der Waals surface area (Å²) in [6, 6.07) is 18.9. The normalized spacial score (nSPS) is 11.8. The van der Waals surface area contributed by atoms with E-state index < -0.39 is 31.2 Å². The fourth-order valence-corrected chi connectivity index (χ4v) is 4.90. The molecule has 33 heavy (non-hydrogen) atoms. The van der Waals surface area contributed by atoms with E-state index in [-0.39, 0.29) is 22.6 Å². The van der Waals surface area contributed by atoms with Crippen LogP contribution in [0.1, 0.15) is 39.0 Å². The average Bonchev–Trinajstić information content (AvgIpc) is 2.78. The van der Waals surface area contributed by atoms with Gasteiger partial charge in [-0.05, 0) is 42.0 Å². The maximum atomic E-state index is 14.2. The van der Waals surface area contributed by atoms with Gasteiger partial charge in [-0.3, -0.25) is 4.79 Å². The fraction of sp³-hybridized carbons (Fsp3) is 0.0870. The first-order valence-corrected chi connectivity index (χ1v) is 11.3. The fourth-order valence-electron chi connectivity index (χ4n) is 2.96. The second-order valence-electron chi connectivity index (χ2n) is 6.90. The quantitative estimate of drug-likeness (QED) is 0.387. The van der Waals surface area contributed by atoms with Crippen LogP contribution in [0.4, 0.5) is 0 Å². The number of rotatable bonds is 9. The van der Waals surface area contributed by atoms with Crippen LogP contribution in [0.25, 0.3) is 0 Å². The summed E-state index contributed by atoms with van der Waals surface area (Å²) in [4.78, 5) is 34.7. The highest BCUT2D eigenvalue weighted by Crippen LogP contribution is 2.59. The molecule has 9 nitrogen and oxygen atoms in total. The van der Waals surface area contributed by atoms with Crippen LogP contribution in [0.2, 0.25) is 0 Å². The van der Waals surface area contributed by atoms with E-state index in [9.17, 15) is 29.2 Å². The molecule has 0 heterocycles. The van der Waals surface area contributed by atoms with Crippen molar-refractivity contribution in [1.82, 2.24) is 5.32 Å². The lowest BCUT2D eigenvalue weighted by Crippen LogP contribution is -2.29. The highest BCUT2D eigenvalue weighted by Gasteiger charge is 2.41. The van der Waals surface area contributed by atoms with Gasteiger partial charge in [0.25, 0.3) is 0 Å². The van der Waals surface area contributed by atoms with E-state index in [1.54, 1.807) is 30.3 Å². The number of nitrogens with one attached hydrogen (secondary N) is 1. The van der Waals surface area contributed by atoms with Gasteiger partial charge in [-0.2, -0.15) is 0 Å². The van der Waals surface area contributed by atoms with E-state index >= 15 is 0 Å². The third-order valence-corrected chi connectivity index (χ3v) is 6.39. The van der Waals surface area contributed by atoms with E-state index in [2.05, 4.69) is 5.32 Å². The van der Waals surface area contributed by atoms with Crippen molar-refractivity contribution in [2.75, 3.05) is 0 Å². The third-order valence-electron chi connectivity index (χ3n) is 4.40.